The molecule has 4 aromatic carbocycles. The van der Waals surface area contributed by atoms with Gasteiger partial charge >= 0.3 is 6.03 Å². The molecule has 0 aliphatic carbocycles. The Kier molecular flexibility index (Phi) is 5.79. The fourth-order valence-corrected chi connectivity index (χ4v) is 3.89. The zero-order valence-corrected chi connectivity index (χ0v) is 18.2. The number of ether oxygens (including phenoxy) is 1. The lowest BCUT2D eigenvalue weighted by Crippen LogP contribution is -2.30. The second kappa shape index (κ2) is 9.19. The summed E-state index contributed by atoms with van der Waals surface area (Å²) in [7, 11) is 0. The average molecular weight is 452 g/mol. The van der Waals surface area contributed by atoms with Gasteiger partial charge in [-0.05, 0) is 57.8 Å². The molecular formula is C28H21FN2O3. The lowest BCUT2D eigenvalue weighted by atomic mass is 10.1. The molecule has 0 bridgehead atoms. The number of halogens is 1. The highest BCUT2D eigenvalue weighted by Crippen LogP contribution is 2.22. The van der Waals surface area contributed by atoms with E-state index in [1.54, 1.807) is 18.2 Å². The first-order valence-electron chi connectivity index (χ1n) is 10.9. The highest BCUT2D eigenvalue weighted by molar-refractivity contribution is 6.13. The number of fused-ring (bicyclic) bond motifs is 1. The molecule has 1 N–H and O–H groups in total. The second-order valence-corrected chi connectivity index (χ2v) is 8.00. The molecule has 4 aromatic rings. The minimum absolute atomic E-state index is 0.0727. The summed E-state index contributed by atoms with van der Waals surface area (Å²) in [6.07, 6.45) is 1.62. The number of nitrogens with zero attached hydrogens (tertiary/aromatic N) is 1. The van der Waals surface area contributed by atoms with Crippen LogP contribution in [-0.4, -0.2) is 16.8 Å². The third kappa shape index (κ3) is 4.52. The first-order chi connectivity index (χ1) is 16.6. The maximum atomic E-state index is 13.1. The van der Waals surface area contributed by atoms with E-state index in [-0.39, 0.29) is 18.1 Å². The second-order valence-electron chi connectivity index (χ2n) is 8.00. The zero-order chi connectivity index (χ0) is 23.5. The maximum absolute atomic E-state index is 13.1. The third-order valence-corrected chi connectivity index (χ3v) is 5.68. The molecule has 0 atom stereocenters. The monoisotopic (exact) mass is 452 g/mol. The molecule has 1 aliphatic rings. The predicted octanol–water partition coefficient (Wildman–Crippen LogP) is 5.65. The molecule has 1 heterocycles. The number of carbonyl (C=O) groups is 2. The number of hydrogen-bond donors (Lipinski definition) is 1. The van der Waals surface area contributed by atoms with Gasteiger partial charge < -0.3 is 10.1 Å². The molecule has 1 aliphatic heterocycles. The molecule has 0 aromatic heterocycles. The summed E-state index contributed by atoms with van der Waals surface area (Å²) >= 11 is 0. The van der Waals surface area contributed by atoms with Gasteiger partial charge in [0.2, 0.25) is 0 Å². The van der Waals surface area contributed by atoms with Crippen LogP contribution >= 0.6 is 0 Å². The number of carbonyl (C=O) groups excluding carboxylic acids is 2. The number of urea groups is 1. The Labute approximate surface area is 196 Å². The molecular weight excluding hydrogens is 431 g/mol. The van der Waals surface area contributed by atoms with Crippen LogP contribution < -0.4 is 10.1 Å². The van der Waals surface area contributed by atoms with Gasteiger partial charge in [0.05, 0.1) is 6.54 Å². The number of amides is 3. The van der Waals surface area contributed by atoms with Crippen LogP contribution in [0.3, 0.4) is 0 Å². The van der Waals surface area contributed by atoms with Crippen molar-refractivity contribution in [3.8, 4) is 5.75 Å². The van der Waals surface area contributed by atoms with Crippen LogP contribution in [-0.2, 0) is 17.9 Å². The van der Waals surface area contributed by atoms with E-state index in [0.29, 0.717) is 17.9 Å². The van der Waals surface area contributed by atoms with Gasteiger partial charge in [-0.25, -0.2) is 9.18 Å². The maximum Gasteiger partial charge on any atom is 0.329 e. The van der Waals surface area contributed by atoms with Crippen molar-refractivity contribution in [3.63, 3.8) is 0 Å². The summed E-state index contributed by atoms with van der Waals surface area (Å²) < 4.78 is 19.1. The Morgan fingerprint density at radius 1 is 0.853 bits per heavy atom. The van der Waals surface area contributed by atoms with E-state index in [9.17, 15) is 14.0 Å². The SMILES string of the molecule is O=C1N/C(=C/c2ccc(OCc3cccc4ccccc34)cc2)C(=O)N1Cc1ccc(F)cc1. The van der Waals surface area contributed by atoms with Gasteiger partial charge in [-0.1, -0.05) is 66.7 Å². The van der Waals surface area contributed by atoms with Gasteiger partial charge in [0.25, 0.3) is 5.91 Å². The smallest absolute Gasteiger partial charge is 0.329 e. The molecule has 5 nitrogen and oxygen atoms in total. The number of rotatable bonds is 6. The third-order valence-electron chi connectivity index (χ3n) is 5.68. The number of hydrogen-bond acceptors (Lipinski definition) is 3. The van der Waals surface area contributed by atoms with E-state index in [1.807, 2.05) is 48.5 Å². The Bertz CT molecular complexity index is 1390. The minimum atomic E-state index is -0.504. The van der Waals surface area contributed by atoms with Gasteiger partial charge in [0.1, 0.15) is 23.9 Å². The molecule has 0 saturated carbocycles. The molecule has 34 heavy (non-hydrogen) atoms. The average Bonchev–Trinajstić information content (AvgIpc) is 3.12. The van der Waals surface area contributed by atoms with Crippen molar-refractivity contribution in [2.75, 3.05) is 0 Å². The van der Waals surface area contributed by atoms with E-state index in [1.165, 1.54) is 17.5 Å². The van der Waals surface area contributed by atoms with Crippen molar-refractivity contribution in [1.29, 1.82) is 0 Å². The summed E-state index contributed by atoms with van der Waals surface area (Å²) in [4.78, 5) is 26.1. The van der Waals surface area contributed by atoms with E-state index in [2.05, 4.69) is 23.5 Å². The van der Waals surface area contributed by atoms with Gasteiger partial charge in [-0.2, -0.15) is 0 Å². The fourth-order valence-electron chi connectivity index (χ4n) is 3.89. The van der Waals surface area contributed by atoms with E-state index in [0.717, 1.165) is 21.4 Å². The van der Waals surface area contributed by atoms with Crippen molar-refractivity contribution in [3.05, 3.63) is 119 Å². The van der Waals surface area contributed by atoms with Crippen LogP contribution in [0.1, 0.15) is 16.7 Å². The number of nitrogens with one attached hydrogen (secondary N) is 1. The summed E-state index contributed by atoms with van der Waals surface area (Å²) in [5.74, 6) is -0.0912. The van der Waals surface area contributed by atoms with E-state index in [4.69, 9.17) is 4.74 Å². The lowest BCUT2D eigenvalue weighted by Gasteiger charge is -2.11. The highest BCUT2D eigenvalue weighted by Gasteiger charge is 2.33. The lowest BCUT2D eigenvalue weighted by molar-refractivity contribution is -0.123. The molecule has 5 rings (SSSR count). The summed E-state index contributed by atoms with van der Waals surface area (Å²) in [6, 6.07) is 26.8. The molecule has 0 radical (unpaired) electrons. The topological polar surface area (TPSA) is 58.6 Å². The molecule has 168 valence electrons. The predicted molar refractivity (Wildman–Crippen MR) is 128 cm³/mol. The van der Waals surface area contributed by atoms with Crippen molar-refractivity contribution in [2.45, 2.75) is 13.2 Å². The van der Waals surface area contributed by atoms with Gasteiger partial charge in [0, 0.05) is 0 Å². The van der Waals surface area contributed by atoms with Crippen LogP contribution in [0, 0.1) is 5.82 Å². The zero-order valence-electron chi connectivity index (χ0n) is 18.2. The normalized spacial score (nSPS) is 14.6. The Balaban J connectivity index is 1.25. The van der Waals surface area contributed by atoms with Gasteiger partial charge in [0.15, 0.2) is 0 Å². The standard InChI is InChI=1S/C28H21FN2O3/c29-23-12-8-20(9-13-23)17-31-27(32)26(30-28(31)33)16-19-10-14-24(15-11-19)34-18-22-6-3-5-21-4-1-2-7-25(21)22/h1-16H,17-18H2,(H,30,33)/b26-16+. The van der Waals surface area contributed by atoms with Gasteiger partial charge in [-0.15, -0.1) is 0 Å². The van der Waals surface area contributed by atoms with Crippen LogP contribution in [0.2, 0.25) is 0 Å². The van der Waals surface area contributed by atoms with Crippen LogP contribution in [0.25, 0.3) is 16.8 Å². The minimum Gasteiger partial charge on any atom is -0.489 e. The summed E-state index contributed by atoms with van der Waals surface area (Å²) in [5, 5.41) is 4.93. The van der Waals surface area contributed by atoms with Gasteiger partial charge in [-0.3, -0.25) is 9.69 Å². The van der Waals surface area contributed by atoms with Crippen molar-refractivity contribution in [2.24, 2.45) is 0 Å². The molecule has 1 saturated heterocycles. The molecule has 0 spiro atoms. The fraction of sp³-hybridized carbons (Fsp3) is 0.0714. The Morgan fingerprint density at radius 2 is 1.59 bits per heavy atom. The number of imide groups is 1. The molecule has 1 fully saturated rings. The largest absolute Gasteiger partial charge is 0.489 e. The first kappa shape index (κ1) is 21.4. The van der Waals surface area contributed by atoms with E-state index >= 15 is 0 Å². The molecule has 3 amide bonds. The first-order valence-corrected chi connectivity index (χ1v) is 10.9. The highest BCUT2D eigenvalue weighted by atomic mass is 19.1. The molecule has 0 unspecified atom stereocenters. The van der Waals surface area contributed by atoms with E-state index < -0.39 is 11.9 Å². The van der Waals surface area contributed by atoms with Crippen LogP contribution in [0.15, 0.2) is 96.7 Å². The van der Waals surface area contributed by atoms with Crippen molar-refractivity contribution >= 4 is 28.8 Å². The quantitative estimate of drug-likeness (QED) is 0.304. The molecule has 6 heteroatoms. The van der Waals surface area contributed by atoms with Crippen molar-refractivity contribution < 1.29 is 18.7 Å². The van der Waals surface area contributed by atoms with Crippen molar-refractivity contribution in [1.82, 2.24) is 10.2 Å². The number of benzene rings is 4. The Hall–Kier alpha value is -4.45. The van der Waals surface area contributed by atoms with Crippen LogP contribution in [0.4, 0.5) is 9.18 Å². The van der Waals surface area contributed by atoms with Crippen LogP contribution in [0.5, 0.6) is 5.75 Å². The summed E-state index contributed by atoms with van der Waals surface area (Å²) in [6.45, 7) is 0.512. The Morgan fingerprint density at radius 3 is 2.38 bits per heavy atom. The summed E-state index contributed by atoms with van der Waals surface area (Å²) in [5.41, 5.74) is 2.71.